The van der Waals surface area contributed by atoms with Crippen molar-refractivity contribution in [2.45, 2.75) is 19.8 Å². The van der Waals surface area contributed by atoms with Gasteiger partial charge in [0.25, 0.3) is 5.91 Å². The third kappa shape index (κ3) is 2.98. The molecule has 4 N–H and O–H groups in total. The minimum Gasteiger partial charge on any atom is -0.493 e. The van der Waals surface area contributed by atoms with Gasteiger partial charge in [-0.15, -0.1) is 0 Å². The van der Waals surface area contributed by atoms with Gasteiger partial charge in [-0.2, -0.15) is 0 Å². The van der Waals surface area contributed by atoms with Crippen LogP contribution in [-0.4, -0.2) is 30.8 Å². The fourth-order valence-electron chi connectivity index (χ4n) is 1.99. The second-order valence-electron chi connectivity index (χ2n) is 4.99. The summed E-state index contributed by atoms with van der Waals surface area (Å²) in [6.07, 6.45) is 1.90. The number of benzene rings is 1. The molecule has 5 nitrogen and oxygen atoms in total. The topological polar surface area (TPSA) is 84.6 Å². The molecule has 1 amide bonds. The predicted octanol–water partition coefficient (Wildman–Crippen LogP) is 1.17. The number of ether oxygens (including phenoxy) is 1. The third-order valence-electron chi connectivity index (χ3n) is 3.50. The van der Waals surface area contributed by atoms with E-state index in [0.717, 1.165) is 12.8 Å². The first-order valence-electron chi connectivity index (χ1n) is 6.52. The number of nitrogens with one attached hydrogen (secondary N) is 1. The Kier molecular flexibility index (Phi) is 3.95. The number of nitrogen functional groups attached to an aromatic ring is 1. The van der Waals surface area contributed by atoms with Crippen LogP contribution in [0.1, 0.15) is 30.1 Å². The van der Waals surface area contributed by atoms with E-state index in [2.05, 4.69) is 5.32 Å². The summed E-state index contributed by atoms with van der Waals surface area (Å²) in [5, 5.41) is 12.1. The molecule has 0 radical (unpaired) electrons. The Bertz CT molecular complexity index is 470. The summed E-state index contributed by atoms with van der Waals surface area (Å²) >= 11 is 0. The van der Waals surface area contributed by atoms with Crippen LogP contribution in [0.5, 0.6) is 5.75 Å². The van der Waals surface area contributed by atoms with Crippen molar-refractivity contribution in [2.75, 3.05) is 25.5 Å². The third-order valence-corrected chi connectivity index (χ3v) is 3.50. The van der Waals surface area contributed by atoms with Crippen molar-refractivity contribution in [2.24, 2.45) is 5.41 Å². The highest BCUT2D eigenvalue weighted by Crippen LogP contribution is 2.44. The van der Waals surface area contributed by atoms with E-state index in [0.29, 0.717) is 30.2 Å². The van der Waals surface area contributed by atoms with Crippen LogP contribution in [0, 0.1) is 5.41 Å². The standard InChI is InChI=1S/C14H20N2O3/c1-2-19-11-5-3-4-10(15)12(11)13(18)16-8-14(9-17)6-7-14/h3-5,17H,2,6-9,15H2,1H3,(H,16,18). The molecule has 0 aliphatic heterocycles. The molecule has 1 saturated carbocycles. The highest BCUT2D eigenvalue weighted by molar-refractivity contribution is 6.01. The zero-order valence-corrected chi connectivity index (χ0v) is 11.1. The second kappa shape index (κ2) is 5.48. The molecule has 0 spiro atoms. The maximum atomic E-state index is 12.2. The molecular formula is C14H20N2O3. The molecule has 1 aromatic rings. The number of rotatable bonds is 6. The second-order valence-corrected chi connectivity index (χ2v) is 4.99. The fraction of sp³-hybridized carbons (Fsp3) is 0.500. The Morgan fingerprint density at radius 2 is 2.26 bits per heavy atom. The summed E-state index contributed by atoms with van der Waals surface area (Å²) in [7, 11) is 0. The lowest BCUT2D eigenvalue weighted by Gasteiger charge is -2.15. The Balaban J connectivity index is 2.09. The van der Waals surface area contributed by atoms with Crippen molar-refractivity contribution in [3.8, 4) is 5.75 Å². The summed E-state index contributed by atoms with van der Waals surface area (Å²) in [5.41, 5.74) is 6.50. The molecule has 1 aliphatic carbocycles. The Labute approximate surface area is 112 Å². The number of aliphatic hydroxyl groups is 1. The maximum absolute atomic E-state index is 12.2. The van der Waals surface area contributed by atoms with Gasteiger partial charge >= 0.3 is 0 Å². The van der Waals surface area contributed by atoms with Crippen molar-refractivity contribution in [1.82, 2.24) is 5.32 Å². The van der Waals surface area contributed by atoms with Gasteiger partial charge in [0.15, 0.2) is 0 Å². The molecule has 0 atom stereocenters. The van der Waals surface area contributed by atoms with Crippen LogP contribution in [0.15, 0.2) is 18.2 Å². The average molecular weight is 264 g/mol. The lowest BCUT2D eigenvalue weighted by atomic mass is 10.1. The first-order chi connectivity index (χ1) is 9.12. The number of hydrogen-bond donors (Lipinski definition) is 3. The van der Waals surface area contributed by atoms with Crippen LogP contribution >= 0.6 is 0 Å². The number of amides is 1. The lowest BCUT2D eigenvalue weighted by Crippen LogP contribution is -2.32. The molecule has 0 aromatic heterocycles. The van der Waals surface area contributed by atoms with Crippen LogP contribution in [0.4, 0.5) is 5.69 Å². The monoisotopic (exact) mass is 264 g/mol. The average Bonchev–Trinajstić information content (AvgIpc) is 3.17. The molecule has 104 valence electrons. The molecular weight excluding hydrogens is 244 g/mol. The highest BCUT2D eigenvalue weighted by atomic mass is 16.5. The molecule has 5 heteroatoms. The van der Waals surface area contributed by atoms with E-state index in [9.17, 15) is 9.90 Å². The Morgan fingerprint density at radius 3 is 2.84 bits per heavy atom. The summed E-state index contributed by atoms with van der Waals surface area (Å²) in [4.78, 5) is 12.2. The molecule has 1 aromatic carbocycles. The molecule has 2 rings (SSSR count). The van der Waals surface area contributed by atoms with Gasteiger partial charge in [0.2, 0.25) is 0 Å². The highest BCUT2D eigenvalue weighted by Gasteiger charge is 2.42. The van der Waals surface area contributed by atoms with Crippen LogP contribution in [0.25, 0.3) is 0 Å². The van der Waals surface area contributed by atoms with Crippen molar-refractivity contribution in [3.63, 3.8) is 0 Å². The number of nitrogens with two attached hydrogens (primary N) is 1. The van der Waals surface area contributed by atoms with Crippen LogP contribution < -0.4 is 15.8 Å². The van der Waals surface area contributed by atoms with E-state index >= 15 is 0 Å². The first-order valence-corrected chi connectivity index (χ1v) is 6.52. The van der Waals surface area contributed by atoms with Gasteiger partial charge in [-0.25, -0.2) is 0 Å². The number of carbonyl (C=O) groups is 1. The molecule has 19 heavy (non-hydrogen) atoms. The van der Waals surface area contributed by atoms with Gasteiger partial charge in [0.1, 0.15) is 11.3 Å². The summed E-state index contributed by atoms with van der Waals surface area (Å²) in [6.45, 7) is 2.91. The summed E-state index contributed by atoms with van der Waals surface area (Å²) in [5.74, 6) is 0.245. The van der Waals surface area contributed by atoms with E-state index in [4.69, 9.17) is 10.5 Å². The van der Waals surface area contributed by atoms with Gasteiger partial charge in [0.05, 0.1) is 13.2 Å². The van der Waals surface area contributed by atoms with Crippen LogP contribution in [0.2, 0.25) is 0 Å². The van der Waals surface area contributed by atoms with Gasteiger partial charge < -0.3 is 20.9 Å². The van der Waals surface area contributed by atoms with Crippen molar-refractivity contribution in [3.05, 3.63) is 23.8 Å². The fourth-order valence-corrected chi connectivity index (χ4v) is 1.99. The van der Waals surface area contributed by atoms with E-state index < -0.39 is 0 Å². The zero-order valence-electron chi connectivity index (χ0n) is 11.1. The number of hydrogen-bond acceptors (Lipinski definition) is 4. The molecule has 1 fully saturated rings. The van der Waals surface area contributed by atoms with Crippen molar-refractivity contribution in [1.29, 1.82) is 0 Å². The van der Waals surface area contributed by atoms with Gasteiger partial charge in [-0.1, -0.05) is 6.07 Å². The smallest absolute Gasteiger partial charge is 0.257 e. The molecule has 0 bridgehead atoms. The summed E-state index contributed by atoms with van der Waals surface area (Å²) in [6, 6.07) is 5.16. The minimum atomic E-state index is -0.249. The van der Waals surface area contributed by atoms with Gasteiger partial charge in [0, 0.05) is 17.6 Å². The zero-order chi connectivity index (χ0) is 13.9. The quantitative estimate of drug-likeness (QED) is 0.673. The van der Waals surface area contributed by atoms with Crippen molar-refractivity contribution < 1.29 is 14.6 Å². The summed E-state index contributed by atoms with van der Waals surface area (Å²) < 4.78 is 5.42. The van der Waals surface area contributed by atoms with E-state index in [-0.39, 0.29) is 17.9 Å². The van der Waals surface area contributed by atoms with Crippen molar-refractivity contribution >= 4 is 11.6 Å². The first kappa shape index (κ1) is 13.7. The molecule has 0 unspecified atom stereocenters. The Hall–Kier alpha value is -1.75. The molecule has 0 heterocycles. The lowest BCUT2D eigenvalue weighted by molar-refractivity contribution is 0.0932. The number of aliphatic hydroxyl groups excluding tert-OH is 1. The molecule has 0 saturated heterocycles. The van der Waals surface area contributed by atoms with Gasteiger partial charge in [-0.3, -0.25) is 4.79 Å². The Morgan fingerprint density at radius 1 is 1.53 bits per heavy atom. The SMILES string of the molecule is CCOc1cccc(N)c1C(=O)NCC1(CO)CC1. The number of anilines is 1. The largest absolute Gasteiger partial charge is 0.493 e. The molecule has 1 aliphatic rings. The minimum absolute atomic E-state index is 0.107. The van der Waals surface area contributed by atoms with Gasteiger partial charge in [-0.05, 0) is 31.9 Å². The normalized spacial score (nSPS) is 15.9. The predicted molar refractivity (Wildman–Crippen MR) is 73.1 cm³/mol. The van der Waals surface area contributed by atoms with Crippen LogP contribution in [0.3, 0.4) is 0 Å². The van der Waals surface area contributed by atoms with Crippen LogP contribution in [-0.2, 0) is 0 Å². The van der Waals surface area contributed by atoms with E-state index in [1.54, 1.807) is 18.2 Å². The van der Waals surface area contributed by atoms with E-state index in [1.165, 1.54) is 0 Å². The maximum Gasteiger partial charge on any atom is 0.257 e. The van der Waals surface area contributed by atoms with E-state index in [1.807, 2.05) is 6.92 Å². The number of carbonyl (C=O) groups excluding carboxylic acids is 1.